The van der Waals surface area contributed by atoms with Crippen LogP contribution in [0.15, 0.2) is 0 Å². The van der Waals surface area contributed by atoms with Crippen LogP contribution in [0.1, 0.15) is 19.8 Å². The molecule has 6 heteroatoms. The van der Waals surface area contributed by atoms with Gasteiger partial charge in [-0.05, 0) is 6.42 Å². The first-order valence-electron chi connectivity index (χ1n) is 2.66. The lowest BCUT2D eigenvalue weighted by atomic mass is 10.4. The van der Waals surface area contributed by atoms with Gasteiger partial charge in [-0.2, -0.15) is 8.42 Å². The Kier molecular flexibility index (Phi) is 3.42. The molecule has 62 valence electrons. The molecule has 0 atom stereocenters. The maximum absolute atomic E-state index is 10.3. The molecule has 0 saturated carbocycles. The Hall–Kier alpha value is 0.490. The van der Waals surface area contributed by atoms with Crippen LogP contribution in [0.2, 0.25) is 0 Å². The fraction of sp³-hybridized carbons (Fsp3) is 1.00. The van der Waals surface area contributed by atoms with Gasteiger partial charge in [0.1, 0.15) is 0 Å². The van der Waals surface area contributed by atoms with Crippen LogP contribution in [0.25, 0.3) is 0 Å². The highest BCUT2D eigenvalue weighted by molar-refractivity contribution is 7.90. The molecule has 0 aliphatic rings. The minimum atomic E-state index is -4.33. The second-order valence-corrected chi connectivity index (χ2v) is 5.44. The van der Waals surface area contributed by atoms with Crippen molar-refractivity contribution >= 4 is 33.3 Å². The van der Waals surface area contributed by atoms with E-state index in [4.69, 9.17) is 27.8 Å². The molecule has 0 radical (unpaired) electrons. The van der Waals surface area contributed by atoms with Crippen molar-refractivity contribution in [1.82, 2.24) is 0 Å². The fourth-order valence-electron chi connectivity index (χ4n) is 0.420. The zero-order chi connectivity index (χ0) is 8.41. The molecule has 0 aliphatic heterocycles. The summed E-state index contributed by atoms with van der Waals surface area (Å²) in [5, 5.41) is 0. The van der Waals surface area contributed by atoms with Gasteiger partial charge >= 0.3 is 0 Å². The Bertz CT molecular complexity index is 197. The maximum Gasteiger partial charge on any atom is 0.299 e. The smallest absolute Gasteiger partial charge is 0.283 e. The van der Waals surface area contributed by atoms with Crippen LogP contribution in [0, 0.1) is 0 Å². The van der Waals surface area contributed by atoms with Crippen molar-refractivity contribution < 1.29 is 13.0 Å². The lowest BCUT2D eigenvalue weighted by Crippen LogP contribution is -2.24. The molecule has 0 bridgehead atoms. The Morgan fingerprint density at radius 2 is 1.90 bits per heavy atom. The van der Waals surface area contributed by atoms with Crippen molar-refractivity contribution in [2.75, 3.05) is 0 Å². The second kappa shape index (κ2) is 3.26. The van der Waals surface area contributed by atoms with E-state index < -0.39 is 13.8 Å². The van der Waals surface area contributed by atoms with Gasteiger partial charge in [0, 0.05) is 0 Å². The normalized spacial score (nSPS) is 13.6. The largest absolute Gasteiger partial charge is 0.299 e. The summed E-state index contributed by atoms with van der Waals surface area (Å²) < 4.78 is 27.0. The van der Waals surface area contributed by atoms with Gasteiger partial charge in [0.15, 0.2) is 0 Å². The van der Waals surface area contributed by atoms with Crippen molar-refractivity contribution in [1.29, 1.82) is 0 Å². The van der Waals surface area contributed by atoms with Gasteiger partial charge in [0.05, 0.1) is 0 Å². The van der Waals surface area contributed by atoms with Crippen molar-refractivity contribution in [3.63, 3.8) is 0 Å². The Morgan fingerprint density at radius 1 is 1.50 bits per heavy atom. The van der Waals surface area contributed by atoms with Crippen LogP contribution >= 0.6 is 23.2 Å². The first-order chi connectivity index (χ1) is 4.31. The number of hydrogen-bond acceptors (Lipinski definition) is 2. The predicted octanol–water partition coefficient (Wildman–Crippen LogP) is 1.81. The summed E-state index contributed by atoms with van der Waals surface area (Å²) in [4.78, 5) is 0. The fourth-order valence-corrected chi connectivity index (χ4v) is 1.26. The first-order valence-corrected chi connectivity index (χ1v) is 4.85. The molecule has 0 rings (SSSR count). The van der Waals surface area contributed by atoms with E-state index >= 15 is 0 Å². The van der Waals surface area contributed by atoms with Gasteiger partial charge in [-0.15, -0.1) is 0 Å². The monoisotopic (exact) mass is 206 g/mol. The van der Waals surface area contributed by atoms with Crippen LogP contribution in [-0.2, 0) is 10.1 Å². The highest BCUT2D eigenvalue weighted by Gasteiger charge is 2.37. The van der Waals surface area contributed by atoms with Crippen molar-refractivity contribution in [2.24, 2.45) is 0 Å². The van der Waals surface area contributed by atoms with E-state index in [1.807, 2.05) is 0 Å². The van der Waals surface area contributed by atoms with Crippen molar-refractivity contribution in [3.05, 3.63) is 0 Å². The third-order valence-electron chi connectivity index (χ3n) is 0.918. The minimum Gasteiger partial charge on any atom is -0.283 e. The van der Waals surface area contributed by atoms with Crippen LogP contribution in [0.5, 0.6) is 0 Å². The van der Waals surface area contributed by atoms with Gasteiger partial charge < -0.3 is 0 Å². The van der Waals surface area contributed by atoms with Gasteiger partial charge in [0.2, 0.25) is 3.67 Å². The Balaban J connectivity index is 4.42. The molecule has 0 aromatic carbocycles. The summed E-state index contributed by atoms with van der Waals surface area (Å²) in [6, 6.07) is 0. The lowest BCUT2D eigenvalue weighted by Gasteiger charge is -2.13. The van der Waals surface area contributed by atoms with Crippen LogP contribution in [0.4, 0.5) is 0 Å². The van der Waals surface area contributed by atoms with E-state index in [1.165, 1.54) is 0 Å². The quantitative estimate of drug-likeness (QED) is 0.567. The third kappa shape index (κ3) is 2.62. The van der Waals surface area contributed by atoms with E-state index in [2.05, 4.69) is 0 Å². The van der Waals surface area contributed by atoms with Gasteiger partial charge in [-0.25, -0.2) is 0 Å². The molecule has 0 aliphatic carbocycles. The molecule has 0 aromatic rings. The molecule has 0 heterocycles. The Labute approximate surface area is 70.1 Å². The van der Waals surface area contributed by atoms with Gasteiger partial charge in [-0.3, -0.25) is 4.55 Å². The van der Waals surface area contributed by atoms with Crippen molar-refractivity contribution in [2.45, 2.75) is 23.4 Å². The van der Waals surface area contributed by atoms with Crippen LogP contribution < -0.4 is 0 Å². The average Bonchev–Trinajstić information content (AvgIpc) is 1.61. The van der Waals surface area contributed by atoms with Gasteiger partial charge in [-0.1, -0.05) is 36.5 Å². The molecule has 1 N–H and O–H groups in total. The first kappa shape index (κ1) is 10.5. The molecule has 0 saturated heterocycles. The summed E-state index contributed by atoms with van der Waals surface area (Å²) in [7, 11) is -4.33. The average molecular weight is 207 g/mol. The number of halogens is 2. The summed E-state index contributed by atoms with van der Waals surface area (Å²) in [5.74, 6) is 0. The summed E-state index contributed by atoms with van der Waals surface area (Å²) in [5.41, 5.74) is 0. The summed E-state index contributed by atoms with van der Waals surface area (Å²) >= 11 is 10.5. The summed E-state index contributed by atoms with van der Waals surface area (Å²) in [6.07, 6.45) is 0.516. The number of alkyl halides is 2. The van der Waals surface area contributed by atoms with E-state index in [-0.39, 0.29) is 6.42 Å². The zero-order valence-electron chi connectivity index (χ0n) is 5.34. The van der Waals surface area contributed by atoms with Gasteiger partial charge in [0.25, 0.3) is 10.1 Å². The molecule has 0 fully saturated rings. The topological polar surface area (TPSA) is 54.4 Å². The molecule has 0 unspecified atom stereocenters. The molecular formula is C4H8Cl2O3S. The van der Waals surface area contributed by atoms with Crippen LogP contribution in [0.3, 0.4) is 0 Å². The predicted molar refractivity (Wildman–Crippen MR) is 40.9 cm³/mol. The van der Waals surface area contributed by atoms with E-state index in [0.29, 0.717) is 6.42 Å². The van der Waals surface area contributed by atoms with E-state index in [9.17, 15) is 8.42 Å². The number of hydrogen-bond donors (Lipinski definition) is 1. The Morgan fingerprint density at radius 3 is 2.00 bits per heavy atom. The summed E-state index contributed by atoms with van der Waals surface area (Å²) in [6.45, 7) is 1.71. The maximum atomic E-state index is 10.3. The molecule has 10 heavy (non-hydrogen) atoms. The van der Waals surface area contributed by atoms with Crippen molar-refractivity contribution in [3.8, 4) is 0 Å². The molecular weight excluding hydrogens is 199 g/mol. The molecule has 3 nitrogen and oxygen atoms in total. The van der Waals surface area contributed by atoms with Crippen LogP contribution in [-0.4, -0.2) is 16.6 Å². The van der Waals surface area contributed by atoms with E-state index in [0.717, 1.165) is 0 Å². The minimum absolute atomic E-state index is 0.0228. The molecule has 0 amide bonds. The number of rotatable bonds is 3. The van der Waals surface area contributed by atoms with E-state index in [1.54, 1.807) is 6.92 Å². The third-order valence-corrected chi connectivity index (χ3v) is 3.43. The second-order valence-electron chi connectivity index (χ2n) is 1.86. The molecule has 0 spiro atoms. The molecule has 0 aromatic heterocycles. The zero-order valence-corrected chi connectivity index (χ0v) is 7.67. The lowest BCUT2D eigenvalue weighted by molar-refractivity contribution is 0.470. The standard InChI is InChI=1S/C4H8Cl2O3S/c1-2-3-4(5,6)10(7,8)9/h2-3H2,1H3,(H,7,8,9). The highest BCUT2D eigenvalue weighted by Crippen LogP contribution is 2.31. The SMILES string of the molecule is CCCC(Cl)(Cl)S(=O)(=O)O. The highest BCUT2D eigenvalue weighted by atomic mass is 35.5.